The van der Waals surface area contributed by atoms with Gasteiger partial charge in [0, 0.05) is 17.9 Å². The molecule has 0 radical (unpaired) electrons. The average molecular weight is 235 g/mol. The predicted octanol–water partition coefficient (Wildman–Crippen LogP) is 2.71. The summed E-state index contributed by atoms with van der Waals surface area (Å²) >= 11 is 0. The van der Waals surface area contributed by atoms with Gasteiger partial charge in [0.1, 0.15) is 12.4 Å². The summed E-state index contributed by atoms with van der Waals surface area (Å²) in [6, 6.07) is 5.46. The van der Waals surface area contributed by atoms with Gasteiger partial charge in [-0.1, -0.05) is 11.6 Å². The zero-order chi connectivity index (χ0) is 12.3. The molecule has 0 fully saturated rings. The summed E-state index contributed by atoms with van der Waals surface area (Å²) in [6.07, 6.45) is 1.41. The number of pyridine rings is 1. The molecule has 0 aliphatic heterocycles. The molecular formula is C13H14FNO2. The van der Waals surface area contributed by atoms with Crippen molar-refractivity contribution >= 4 is 10.8 Å². The maximum Gasteiger partial charge on any atom is 0.220 e. The van der Waals surface area contributed by atoms with Crippen LogP contribution in [0.5, 0.6) is 5.75 Å². The van der Waals surface area contributed by atoms with E-state index in [2.05, 4.69) is 4.98 Å². The van der Waals surface area contributed by atoms with E-state index in [9.17, 15) is 4.39 Å². The minimum atomic E-state index is -0.473. The Hall–Kier alpha value is -1.68. The lowest BCUT2D eigenvalue weighted by molar-refractivity contribution is 0.147. The number of hydrogen-bond donors (Lipinski definition) is 0. The summed E-state index contributed by atoms with van der Waals surface area (Å²) in [7, 11) is 1.61. The van der Waals surface area contributed by atoms with Crippen molar-refractivity contribution in [2.45, 2.75) is 6.92 Å². The molecule has 0 unspecified atom stereocenters. The molecule has 0 N–H and O–H groups in total. The molecule has 17 heavy (non-hydrogen) atoms. The van der Waals surface area contributed by atoms with Crippen LogP contribution in [-0.4, -0.2) is 25.3 Å². The van der Waals surface area contributed by atoms with Gasteiger partial charge in [0.05, 0.1) is 12.8 Å². The number of fused-ring (bicyclic) bond motifs is 1. The van der Waals surface area contributed by atoms with Gasteiger partial charge < -0.3 is 9.47 Å². The monoisotopic (exact) mass is 235 g/mol. The summed E-state index contributed by atoms with van der Waals surface area (Å²) in [6.45, 7) is 2.87. The highest BCUT2D eigenvalue weighted by atomic mass is 19.1. The van der Waals surface area contributed by atoms with Crippen LogP contribution in [0, 0.1) is 12.9 Å². The van der Waals surface area contributed by atoms with Gasteiger partial charge in [0.15, 0.2) is 0 Å². The van der Waals surface area contributed by atoms with E-state index in [0.717, 1.165) is 10.9 Å². The van der Waals surface area contributed by atoms with Gasteiger partial charge in [0.25, 0.3) is 0 Å². The Morgan fingerprint density at radius 2 is 2.06 bits per heavy atom. The van der Waals surface area contributed by atoms with E-state index in [-0.39, 0.29) is 0 Å². The third kappa shape index (κ3) is 2.53. The summed E-state index contributed by atoms with van der Waals surface area (Å²) in [5, 5.41) is 1.22. The highest BCUT2D eigenvalue weighted by Crippen LogP contribution is 2.27. The van der Waals surface area contributed by atoms with Crippen LogP contribution in [0.15, 0.2) is 24.4 Å². The molecule has 4 heteroatoms. The molecule has 1 aromatic carbocycles. The van der Waals surface area contributed by atoms with Gasteiger partial charge >= 0.3 is 0 Å². The predicted molar refractivity (Wildman–Crippen MR) is 63.8 cm³/mol. The molecule has 1 heterocycles. The van der Waals surface area contributed by atoms with Crippen LogP contribution in [0.4, 0.5) is 4.39 Å². The van der Waals surface area contributed by atoms with Crippen molar-refractivity contribution < 1.29 is 13.9 Å². The van der Waals surface area contributed by atoms with E-state index >= 15 is 0 Å². The Labute approximate surface area is 99.2 Å². The van der Waals surface area contributed by atoms with Crippen LogP contribution in [0.3, 0.4) is 0 Å². The molecule has 0 bridgehead atoms. The topological polar surface area (TPSA) is 31.4 Å². The zero-order valence-electron chi connectivity index (χ0n) is 9.87. The molecule has 0 saturated heterocycles. The normalized spacial score (nSPS) is 10.8. The first-order valence-electron chi connectivity index (χ1n) is 5.39. The number of ether oxygens (including phenoxy) is 2. The van der Waals surface area contributed by atoms with Crippen LogP contribution in [0.1, 0.15) is 5.56 Å². The van der Waals surface area contributed by atoms with Gasteiger partial charge in [-0.25, -0.2) is 4.98 Å². The first-order valence-corrected chi connectivity index (χ1v) is 5.39. The average Bonchev–Trinajstić information content (AvgIpc) is 2.32. The lowest BCUT2D eigenvalue weighted by atomic mass is 10.1. The van der Waals surface area contributed by atoms with Crippen LogP contribution >= 0.6 is 0 Å². The van der Waals surface area contributed by atoms with Crippen LogP contribution in [0.2, 0.25) is 0 Å². The van der Waals surface area contributed by atoms with E-state index in [1.165, 1.54) is 6.20 Å². The van der Waals surface area contributed by atoms with Crippen LogP contribution < -0.4 is 4.74 Å². The molecule has 3 nitrogen and oxygen atoms in total. The summed E-state index contributed by atoms with van der Waals surface area (Å²) in [5.41, 5.74) is 1.06. The maximum atomic E-state index is 13.5. The van der Waals surface area contributed by atoms with Gasteiger partial charge in [-0.2, -0.15) is 4.39 Å². The number of benzene rings is 1. The number of methoxy groups -OCH3 is 1. The van der Waals surface area contributed by atoms with Gasteiger partial charge in [-0.05, 0) is 19.1 Å². The summed E-state index contributed by atoms with van der Waals surface area (Å²) in [4.78, 5) is 3.68. The van der Waals surface area contributed by atoms with Crippen LogP contribution in [0.25, 0.3) is 10.8 Å². The summed E-state index contributed by atoms with van der Waals surface area (Å²) in [5.74, 6) is 0.112. The van der Waals surface area contributed by atoms with Crippen molar-refractivity contribution in [3.8, 4) is 5.75 Å². The molecule has 90 valence electrons. The van der Waals surface area contributed by atoms with Crippen molar-refractivity contribution in [2.24, 2.45) is 0 Å². The van der Waals surface area contributed by atoms with Crippen molar-refractivity contribution in [3.05, 3.63) is 35.9 Å². The highest BCUT2D eigenvalue weighted by Gasteiger charge is 2.08. The molecule has 0 aliphatic rings. The maximum absolute atomic E-state index is 13.5. The van der Waals surface area contributed by atoms with Crippen LogP contribution in [-0.2, 0) is 4.74 Å². The second kappa shape index (κ2) is 5.10. The van der Waals surface area contributed by atoms with Crippen molar-refractivity contribution in [1.29, 1.82) is 0 Å². The third-order valence-electron chi connectivity index (χ3n) is 2.50. The largest absolute Gasteiger partial charge is 0.489 e. The minimum Gasteiger partial charge on any atom is -0.489 e. The number of rotatable bonds is 4. The Morgan fingerprint density at radius 3 is 2.82 bits per heavy atom. The molecule has 2 aromatic rings. The van der Waals surface area contributed by atoms with E-state index in [1.807, 2.05) is 19.1 Å². The van der Waals surface area contributed by atoms with E-state index in [1.54, 1.807) is 13.2 Å². The molecule has 0 aliphatic carbocycles. The Morgan fingerprint density at radius 1 is 1.24 bits per heavy atom. The first-order chi connectivity index (χ1) is 8.22. The Balaban J connectivity index is 2.41. The third-order valence-corrected chi connectivity index (χ3v) is 2.50. The van der Waals surface area contributed by atoms with E-state index < -0.39 is 5.95 Å². The molecular weight excluding hydrogens is 221 g/mol. The molecule has 0 amide bonds. The lowest BCUT2D eigenvalue weighted by Crippen LogP contribution is -2.05. The minimum absolute atomic E-state index is 0.423. The molecule has 0 atom stereocenters. The highest BCUT2D eigenvalue weighted by molar-refractivity contribution is 5.88. The van der Waals surface area contributed by atoms with Gasteiger partial charge in [-0.3, -0.25) is 0 Å². The van der Waals surface area contributed by atoms with Crippen molar-refractivity contribution in [1.82, 2.24) is 4.98 Å². The number of aryl methyl sites for hydroxylation is 1. The van der Waals surface area contributed by atoms with Gasteiger partial charge in [0.2, 0.25) is 5.95 Å². The second-order valence-corrected chi connectivity index (χ2v) is 3.80. The van der Waals surface area contributed by atoms with Gasteiger partial charge in [-0.15, -0.1) is 0 Å². The van der Waals surface area contributed by atoms with E-state index in [0.29, 0.717) is 24.3 Å². The molecule has 0 spiro atoms. The fourth-order valence-electron chi connectivity index (χ4n) is 1.65. The second-order valence-electron chi connectivity index (χ2n) is 3.80. The number of nitrogens with zero attached hydrogens (tertiary/aromatic N) is 1. The van der Waals surface area contributed by atoms with Crippen molar-refractivity contribution in [2.75, 3.05) is 20.3 Å². The van der Waals surface area contributed by atoms with E-state index in [4.69, 9.17) is 9.47 Å². The lowest BCUT2D eigenvalue weighted by Gasteiger charge is -2.09. The SMILES string of the molecule is COCCOc1cnc(F)c2ccc(C)cc12. The smallest absolute Gasteiger partial charge is 0.220 e. The fraction of sp³-hybridized carbons (Fsp3) is 0.308. The number of halogens is 1. The fourth-order valence-corrected chi connectivity index (χ4v) is 1.65. The number of aromatic nitrogens is 1. The summed E-state index contributed by atoms with van der Waals surface area (Å²) < 4.78 is 23.9. The molecule has 0 saturated carbocycles. The number of hydrogen-bond acceptors (Lipinski definition) is 3. The quantitative estimate of drug-likeness (QED) is 0.603. The Kier molecular flexibility index (Phi) is 3.54. The zero-order valence-corrected chi connectivity index (χ0v) is 9.87. The Bertz CT molecular complexity index is 528. The standard InChI is InChI=1S/C13H14FNO2/c1-9-3-4-10-11(7-9)12(8-15-13(10)14)17-6-5-16-2/h3-4,7-8H,5-6H2,1-2H3. The first kappa shape index (κ1) is 11.8. The van der Waals surface area contributed by atoms with Crippen molar-refractivity contribution in [3.63, 3.8) is 0 Å². The molecule has 2 rings (SSSR count). The molecule has 1 aromatic heterocycles.